The number of esters is 1. The number of carbonyl (C=O) groups excluding carboxylic acids is 1. The molecule has 0 saturated heterocycles. The molecule has 0 bridgehead atoms. The molecule has 1 N–H and O–H groups in total. The van der Waals surface area contributed by atoms with Gasteiger partial charge >= 0.3 is 5.97 Å². The standard InChI is InChI=1S/C18H18BrFN2O2/c1-2-24-18(23)15-8-14(15)11-3-6-17(21-9-11)22-10-12-7-13(19)4-5-16(12)20/h3-7,9,14-15H,2,8,10H2,1H3,(H,21,22)/t14-,15+/m1/s1. The van der Waals surface area contributed by atoms with Crippen LogP contribution in [-0.4, -0.2) is 17.6 Å². The molecule has 0 spiro atoms. The summed E-state index contributed by atoms with van der Waals surface area (Å²) in [7, 11) is 0. The molecule has 3 rings (SSSR count). The number of anilines is 1. The van der Waals surface area contributed by atoms with Crippen molar-refractivity contribution < 1.29 is 13.9 Å². The smallest absolute Gasteiger partial charge is 0.309 e. The lowest BCUT2D eigenvalue weighted by molar-refractivity contribution is -0.144. The van der Waals surface area contributed by atoms with Crippen LogP contribution in [0.15, 0.2) is 41.0 Å². The molecule has 4 nitrogen and oxygen atoms in total. The molecular formula is C18H18BrFN2O2. The molecule has 1 fully saturated rings. The Balaban J connectivity index is 1.58. The summed E-state index contributed by atoms with van der Waals surface area (Å²) in [4.78, 5) is 16.0. The topological polar surface area (TPSA) is 51.2 Å². The lowest BCUT2D eigenvalue weighted by atomic mass is 10.1. The van der Waals surface area contributed by atoms with Crippen LogP contribution in [0.3, 0.4) is 0 Å². The fraction of sp³-hybridized carbons (Fsp3) is 0.333. The van der Waals surface area contributed by atoms with Gasteiger partial charge in [-0.25, -0.2) is 9.37 Å². The van der Waals surface area contributed by atoms with Gasteiger partial charge in [-0.1, -0.05) is 22.0 Å². The Hall–Kier alpha value is -1.95. The van der Waals surface area contributed by atoms with Crippen LogP contribution in [0.25, 0.3) is 0 Å². The number of nitrogens with zero attached hydrogens (tertiary/aromatic N) is 1. The third-order valence-corrected chi connectivity index (χ3v) is 4.56. The number of hydrogen-bond acceptors (Lipinski definition) is 4. The summed E-state index contributed by atoms with van der Waals surface area (Å²) in [5, 5.41) is 3.11. The molecule has 0 unspecified atom stereocenters. The van der Waals surface area contributed by atoms with E-state index in [2.05, 4.69) is 26.2 Å². The van der Waals surface area contributed by atoms with E-state index in [1.807, 2.05) is 19.1 Å². The highest BCUT2D eigenvalue weighted by Gasteiger charge is 2.45. The summed E-state index contributed by atoms with van der Waals surface area (Å²) in [6.45, 7) is 2.58. The number of halogens is 2. The van der Waals surface area contributed by atoms with E-state index in [-0.39, 0.29) is 23.6 Å². The highest BCUT2D eigenvalue weighted by atomic mass is 79.9. The SMILES string of the molecule is CCOC(=O)[C@H]1C[C@@H]1c1ccc(NCc2cc(Br)ccc2F)nc1. The predicted octanol–water partition coefficient (Wildman–Crippen LogP) is 4.26. The molecule has 0 radical (unpaired) electrons. The molecule has 6 heteroatoms. The van der Waals surface area contributed by atoms with E-state index >= 15 is 0 Å². The largest absolute Gasteiger partial charge is 0.466 e. The van der Waals surface area contributed by atoms with E-state index in [0.29, 0.717) is 24.5 Å². The monoisotopic (exact) mass is 392 g/mol. The summed E-state index contributed by atoms with van der Waals surface area (Å²) in [6, 6.07) is 8.65. The van der Waals surface area contributed by atoms with Gasteiger partial charge < -0.3 is 10.1 Å². The molecule has 1 aromatic heterocycles. The van der Waals surface area contributed by atoms with E-state index in [1.165, 1.54) is 6.07 Å². The maximum absolute atomic E-state index is 13.7. The summed E-state index contributed by atoms with van der Waals surface area (Å²) in [5.41, 5.74) is 1.60. The predicted molar refractivity (Wildman–Crippen MR) is 93.1 cm³/mol. The normalized spacial score (nSPS) is 19.0. The second kappa shape index (κ2) is 7.30. The molecule has 1 aliphatic carbocycles. The second-order valence-corrected chi connectivity index (χ2v) is 6.68. The molecule has 2 aromatic rings. The maximum Gasteiger partial charge on any atom is 0.309 e. The van der Waals surface area contributed by atoms with Gasteiger partial charge in [-0.2, -0.15) is 0 Å². The number of hydrogen-bond donors (Lipinski definition) is 1. The van der Waals surface area contributed by atoms with Crippen molar-refractivity contribution >= 4 is 27.7 Å². The van der Waals surface area contributed by atoms with Crippen molar-refractivity contribution in [1.82, 2.24) is 4.98 Å². The molecular weight excluding hydrogens is 375 g/mol. The number of aromatic nitrogens is 1. The van der Waals surface area contributed by atoms with E-state index in [1.54, 1.807) is 18.3 Å². The first kappa shape index (κ1) is 16.9. The van der Waals surface area contributed by atoms with Gasteiger partial charge in [-0.3, -0.25) is 4.79 Å². The molecule has 1 aliphatic rings. The van der Waals surface area contributed by atoms with Gasteiger partial charge in [0, 0.05) is 22.8 Å². The van der Waals surface area contributed by atoms with Crippen molar-refractivity contribution in [3.63, 3.8) is 0 Å². The van der Waals surface area contributed by atoms with E-state index in [9.17, 15) is 9.18 Å². The Bertz CT molecular complexity index is 736. The third kappa shape index (κ3) is 3.93. The highest BCUT2D eigenvalue weighted by molar-refractivity contribution is 9.10. The summed E-state index contributed by atoms with van der Waals surface area (Å²) in [6.07, 6.45) is 2.58. The summed E-state index contributed by atoms with van der Waals surface area (Å²) >= 11 is 3.34. The van der Waals surface area contributed by atoms with Crippen molar-refractivity contribution in [3.05, 3.63) is 57.9 Å². The van der Waals surface area contributed by atoms with E-state index in [0.717, 1.165) is 16.5 Å². The molecule has 126 valence electrons. The van der Waals surface area contributed by atoms with Crippen molar-refractivity contribution in [2.24, 2.45) is 5.92 Å². The fourth-order valence-electron chi connectivity index (χ4n) is 2.67. The van der Waals surface area contributed by atoms with Crippen molar-refractivity contribution in [2.75, 3.05) is 11.9 Å². The number of rotatable bonds is 6. The van der Waals surface area contributed by atoms with Crippen LogP contribution < -0.4 is 5.32 Å². The first-order valence-corrected chi connectivity index (χ1v) is 8.68. The zero-order valence-corrected chi connectivity index (χ0v) is 14.8. The van der Waals surface area contributed by atoms with Crippen LogP contribution >= 0.6 is 15.9 Å². The fourth-order valence-corrected chi connectivity index (χ4v) is 3.08. The Morgan fingerprint density at radius 3 is 2.96 bits per heavy atom. The summed E-state index contributed by atoms with van der Waals surface area (Å²) in [5.74, 6) is 0.452. The third-order valence-electron chi connectivity index (χ3n) is 4.06. The van der Waals surface area contributed by atoms with E-state index in [4.69, 9.17) is 4.74 Å². The number of carbonyl (C=O) groups is 1. The molecule has 2 atom stereocenters. The Morgan fingerprint density at radius 2 is 2.25 bits per heavy atom. The average Bonchev–Trinajstić information content (AvgIpc) is 3.37. The Morgan fingerprint density at radius 1 is 1.42 bits per heavy atom. The van der Waals surface area contributed by atoms with Gasteiger partial charge in [-0.05, 0) is 49.1 Å². The minimum absolute atomic E-state index is 0.0404. The van der Waals surface area contributed by atoms with Crippen LogP contribution in [0.5, 0.6) is 0 Å². The number of ether oxygens (including phenoxy) is 1. The molecule has 0 amide bonds. The molecule has 1 saturated carbocycles. The quantitative estimate of drug-likeness (QED) is 0.746. The molecule has 0 aliphatic heterocycles. The Kier molecular flexibility index (Phi) is 5.14. The first-order valence-electron chi connectivity index (χ1n) is 7.89. The van der Waals surface area contributed by atoms with Gasteiger partial charge in [-0.15, -0.1) is 0 Å². The van der Waals surface area contributed by atoms with Gasteiger partial charge in [0.25, 0.3) is 0 Å². The Labute approximate surface area is 148 Å². The number of nitrogens with one attached hydrogen (secondary N) is 1. The maximum atomic E-state index is 13.7. The van der Waals surface area contributed by atoms with Gasteiger partial charge in [0.1, 0.15) is 11.6 Å². The van der Waals surface area contributed by atoms with Gasteiger partial charge in [0.05, 0.1) is 12.5 Å². The second-order valence-electron chi connectivity index (χ2n) is 5.77. The minimum atomic E-state index is -0.252. The number of benzene rings is 1. The molecule has 24 heavy (non-hydrogen) atoms. The summed E-state index contributed by atoms with van der Waals surface area (Å²) < 4.78 is 19.6. The van der Waals surface area contributed by atoms with Gasteiger partial charge in [0.15, 0.2) is 0 Å². The molecule has 1 heterocycles. The van der Waals surface area contributed by atoms with Crippen molar-refractivity contribution in [2.45, 2.75) is 25.8 Å². The van der Waals surface area contributed by atoms with E-state index < -0.39 is 0 Å². The zero-order chi connectivity index (χ0) is 17.1. The minimum Gasteiger partial charge on any atom is -0.466 e. The van der Waals surface area contributed by atoms with Crippen LogP contribution in [-0.2, 0) is 16.1 Å². The lowest BCUT2D eigenvalue weighted by Gasteiger charge is -2.08. The first-order chi connectivity index (χ1) is 11.6. The zero-order valence-electron chi connectivity index (χ0n) is 13.3. The van der Waals surface area contributed by atoms with Crippen LogP contribution in [0.4, 0.5) is 10.2 Å². The van der Waals surface area contributed by atoms with Crippen molar-refractivity contribution in [1.29, 1.82) is 0 Å². The average molecular weight is 393 g/mol. The van der Waals surface area contributed by atoms with Crippen LogP contribution in [0.2, 0.25) is 0 Å². The number of pyridine rings is 1. The van der Waals surface area contributed by atoms with Gasteiger partial charge in [0.2, 0.25) is 0 Å². The molecule has 1 aromatic carbocycles. The highest BCUT2D eigenvalue weighted by Crippen LogP contribution is 2.48. The lowest BCUT2D eigenvalue weighted by Crippen LogP contribution is -2.07. The van der Waals surface area contributed by atoms with Crippen molar-refractivity contribution in [3.8, 4) is 0 Å². The van der Waals surface area contributed by atoms with Crippen LogP contribution in [0, 0.1) is 11.7 Å². The van der Waals surface area contributed by atoms with Crippen LogP contribution in [0.1, 0.15) is 30.4 Å².